The van der Waals surface area contributed by atoms with Crippen LogP contribution >= 0.6 is 0 Å². The van der Waals surface area contributed by atoms with Crippen molar-refractivity contribution in [3.63, 3.8) is 0 Å². The molecule has 1 aliphatic carbocycles. The third kappa shape index (κ3) is 3.62. The van der Waals surface area contributed by atoms with Crippen molar-refractivity contribution in [2.24, 2.45) is 0 Å². The number of hydrogen-bond donors (Lipinski definition) is 1. The Morgan fingerprint density at radius 2 is 2.04 bits per heavy atom. The van der Waals surface area contributed by atoms with E-state index in [1.165, 1.54) is 12.1 Å². The average Bonchev–Trinajstić information content (AvgIpc) is 3.38. The Balaban J connectivity index is 1.87. The summed E-state index contributed by atoms with van der Waals surface area (Å²) in [6.07, 6.45) is 4.06. The second kappa shape index (κ2) is 6.78. The second-order valence-electron chi connectivity index (χ2n) is 6.43. The standard InChI is InChI=1S/C19H20F2N2O2/c1-3-17(14-7-4-12(20)9-16(14)21)22-19(25)15-10-23(13-5-6-13)11(2)8-18(15)24/h4,7-10,13,17H,3,5-6H2,1-2H3,(H,22,25)/t17-/m0/s1. The van der Waals surface area contributed by atoms with E-state index in [9.17, 15) is 18.4 Å². The van der Waals surface area contributed by atoms with E-state index < -0.39 is 23.6 Å². The first-order valence-corrected chi connectivity index (χ1v) is 8.39. The van der Waals surface area contributed by atoms with Gasteiger partial charge in [-0.1, -0.05) is 13.0 Å². The second-order valence-corrected chi connectivity index (χ2v) is 6.43. The van der Waals surface area contributed by atoms with Crippen LogP contribution in [0.2, 0.25) is 0 Å². The maximum Gasteiger partial charge on any atom is 0.257 e. The SMILES string of the molecule is CC[C@H](NC(=O)c1cn(C2CC2)c(C)cc1=O)c1ccc(F)cc1F. The van der Waals surface area contributed by atoms with Crippen LogP contribution in [0.3, 0.4) is 0 Å². The number of halogens is 2. The Morgan fingerprint density at radius 1 is 1.32 bits per heavy atom. The third-order valence-corrected chi connectivity index (χ3v) is 4.52. The zero-order chi connectivity index (χ0) is 18.1. The number of carbonyl (C=O) groups excluding carboxylic acids is 1. The molecule has 4 nitrogen and oxygen atoms in total. The molecule has 1 aromatic heterocycles. The van der Waals surface area contributed by atoms with E-state index in [0.29, 0.717) is 12.5 Å². The zero-order valence-corrected chi connectivity index (χ0v) is 14.2. The molecule has 132 valence electrons. The van der Waals surface area contributed by atoms with Crippen molar-refractivity contribution in [2.45, 2.75) is 45.2 Å². The van der Waals surface area contributed by atoms with E-state index in [1.807, 2.05) is 11.5 Å². The number of benzene rings is 1. The van der Waals surface area contributed by atoms with Gasteiger partial charge in [0.2, 0.25) is 0 Å². The van der Waals surface area contributed by atoms with Crippen LogP contribution in [0.1, 0.15) is 59.9 Å². The lowest BCUT2D eigenvalue weighted by atomic mass is 10.0. The van der Waals surface area contributed by atoms with Crippen LogP contribution in [0.25, 0.3) is 0 Å². The molecular weight excluding hydrogens is 326 g/mol. The first kappa shape index (κ1) is 17.3. The van der Waals surface area contributed by atoms with Crippen molar-refractivity contribution >= 4 is 5.91 Å². The molecule has 0 radical (unpaired) electrons. The molecule has 1 saturated carbocycles. The molecule has 1 heterocycles. The molecule has 3 rings (SSSR count). The monoisotopic (exact) mass is 346 g/mol. The normalized spacial score (nSPS) is 15.0. The van der Waals surface area contributed by atoms with E-state index in [0.717, 1.165) is 30.7 Å². The summed E-state index contributed by atoms with van der Waals surface area (Å²) in [5.74, 6) is -1.94. The molecule has 0 bridgehead atoms. The molecule has 6 heteroatoms. The fourth-order valence-corrected chi connectivity index (χ4v) is 2.98. The summed E-state index contributed by atoms with van der Waals surface area (Å²) < 4.78 is 29.0. The largest absolute Gasteiger partial charge is 0.348 e. The highest BCUT2D eigenvalue weighted by atomic mass is 19.1. The fraction of sp³-hybridized carbons (Fsp3) is 0.368. The van der Waals surface area contributed by atoms with Crippen LogP contribution in [0.15, 0.2) is 35.3 Å². The molecule has 1 aromatic carbocycles. The smallest absolute Gasteiger partial charge is 0.257 e. The summed E-state index contributed by atoms with van der Waals surface area (Å²) in [7, 11) is 0. The molecule has 1 fully saturated rings. The van der Waals surface area contributed by atoms with Crippen molar-refractivity contribution in [1.29, 1.82) is 0 Å². The van der Waals surface area contributed by atoms with Crippen LogP contribution in [-0.2, 0) is 0 Å². The van der Waals surface area contributed by atoms with Gasteiger partial charge in [-0.2, -0.15) is 0 Å². The maximum atomic E-state index is 14.0. The quantitative estimate of drug-likeness (QED) is 0.898. The van der Waals surface area contributed by atoms with E-state index in [1.54, 1.807) is 13.1 Å². The number of nitrogens with zero attached hydrogens (tertiary/aromatic N) is 1. The van der Waals surface area contributed by atoms with Crippen molar-refractivity contribution in [3.05, 3.63) is 69.1 Å². The lowest BCUT2D eigenvalue weighted by Gasteiger charge is -2.19. The Bertz CT molecular complexity index is 872. The Kier molecular flexibility index (Phi) is 4.70. The highest BCUT2D eigenvalue weighted by Gasteiger charge is 2.26. The van der Waals surface area contributed by atoms with Gasteiger partial charge in [0.15, 0.2) is 5.43 Å². The van der Waals surface area contributed by atoms with Crippen molar-refractivity contribution in [2.75, 3.05) is 0 Å². The molecule has 0 saturated heterocycles. The van der Waals surface area contributed by atoms with Gasteiger partial charge in [-0.25, -0.2) is 8.78 Å². The van der Waals surface area contributed by atoms with Crippen LogP contribution in [0.4, 0.5) is 8.78 Å². The Hall–Kier alpha value is -2.50. The van der Waals surface area contributed by atoms with E-state index in [-0.39, 0.29) is 16.6 Å². The van der Waals surface area contributed by atoms with Crippen molar-refractivity contribution in [3.8, 4) is 0 Å². The van der Waals surface area contributed by atoms with E-state index in [2.05, 4.69) is 5.32 Å². The first-order chi connectivity index (χ1) is 11.9. The number of nitrogens with one attached hydrogen (secondary N) is 1. The third-order valence-electron chi connectivity index (χ3n) is 4.52. The van der Waals surface area contributed by atoms with Crippen LogP contribution in [0.5, 0.6) is 0 Å². The van der Waals surface area contributed by atoms with Gasteiger partial charge in [0.1, 0.15) is 17.2 Å². The maximum absolute atomic E-state index is 14.0. The first-order valence-electron chi connectivity index (χ1n) is 8.39. The predicted octanol–water partition coefficient (Wildman–Crippen LogP) is 3.65. The molecule has 1 atom stereocenters. The summed E-state index contributed by atoms with van der Waals surface area (Å²) in [6, 6.07) is 4.41. The van der Waals surface area contributed by atoms with Gasteiger partial charge < -0.3 is 9.88 Å². The van der Waals surface area contributed by atoms with E-state index >= 15 is 0 Å². The van der Waals surface area contributed by atoms with Crippen molar-refractivity contribution < 1.29 is 13.6 Å². The van der Waals surface area contributed by atoms with Crippen LogP contribution in [0, 0.1) is 18.6 Å². The van der Waals surface area contributed by atoms with Gasteiger partial charge in [-0.05, 0) is 32.3 Å². The summed E-state index contributed by atoms with van der Waals surface area (Å²) in [4.78, 5) is 24.8. The summed E-state index contributed by atoms with van der Waals surface area (Å²) >= 11 is 0. The minimum absolute atomic E-state index is 0.0402. The number of hydrogen-bond acceptors (Lipinski definition) is 2. The number of amides is 1. The van der Waals surface area contributed by atoms with Gasteiger partial charge >= 0.3 is 0 Å². The Morgan fingerprint density at radius 3 is 2.64 bits per heavy atom. The molecule has 1 amide bonds. The lowest BCUT2D eigenvalue weighted by Crippen LogP contribution is -2.33. The minimum atomic E-state index is -0.716. The zero-order valence-electron chi connectivity index (χ0n) is 14.2. The van der Waals surface area contributed by atoms with Gasteiger partial charge in [0.25, 0.3) is 5.91 Å². The van der Waals surface area contributed by atoms with Gasteiger partial charge in [0.05, 0.1) is 6.04 Å². The summed E-state index contributed by atoms with van der Waals surface area (Å²) in [5, 5.41) is 2.69. The fourth-order valence-electron chi connectivity index (χ4n) is 2.98. The molecule has 2 aromatic rings. The number of carbonyl (C=O) groups is 1. The molecule has 0 unspecified atom stereocenters. The molecular formula is C19H20F2N2O2. The number of aromatic nitrogens is 1. The lowest BCUT2D eigenvalue weighted by molar-refractivity contribution is 0.0933. The molecule has 1 aliphatic rings. The highest BCUT2D eigenvalue weighted by molar-refractivity contribution is 5.94. The summed E-state index contributed by atoms with van der Waals surface area (Å²) in [5.41, 5.74) is 0.701. The molecule has 25 heavy (non-hydrogen) atoms. The van der Waals surface area contributed by atoms with Gasteiger partial charge in [-0.15, -0.1) is 0 Å². The van der Waals surface area contributed by atoms with Gasteiger partial charge in [-0.3, -0.25) is 9.59 Å². The Labute approximate surface area is 144 Å². The minimum Gasteiger partial charge on any atom is -0.348 e. The van der Waals surface area contributed by atoms with Crippen LogP contribution < -0.4 is 10.7 Å². The van der Waals surface area contributed by atoms with Crippen molar-refractivity contribution in [1.82, 2.24) is 9.88 Å². The number of rotatable bonds is 5. The van der Waals surface area contributed by atoms with Gasteiger partial charge in [0, 0.05) is 35.6 Å². The molecule has 0 spiro atoms. The molecule has 0 aliphatic heterocycles. The molecule has 1 N–H and O–H groups in total. The number of aryl methyl sites for hydroxylation is 1. The number of pyridine rings is 1. The topological polar surface area (TPSA) is 51.1 Å². The average molecular weight is 346 g/mol. The summed E-state index contributed by atoms with van der Waals surface area (Å²) in [6.45, 7) is 3.62. The highest BCUT2D eigenvalue weighted by Crippen LogP contribution is 2.35. The van der Waals surface area contributed by atoms with E-state index in [4.69, 9.17) is 0 Å². The van der Waals surface area contributed by atoms with Crippen LogP contribution in [-0.4, -0.2) is 10.5 Å². The predicted molar refractivity (Wildman–Crippen MR) is 90.6 cm³/mol.